The molecular formula is C17H20N4O4. The van der Waals surface area contributed by atoms with Crippen LogP contribution >= 0.6 is 0 Å². The highest BCUT2D eigenvalue weighted by Crippen LogP contribution is 2.26. The fourth-order valence-electron chi connectivity index (χ4n) is 2.54. The standard InChI is InChI=1S/C17H20N4O4/c1-11-5-2-3-6-12(11)19-16(23)9-15(22)18-10-14-20-17(25-21-14)13-7-4-8-24-13/h2-3,5-6,13H,4,7-10H2,1H3,(H,18,22)(H,19,23)/t13-/m1/s1. The molecule has 132 valence electrons. The van der Waals surface area contributed by atoms with Gasteiger partial charge in [0.2, 0.25) is 11.8 Å². The molecular weight excluding hydrogens is 324 g/mol. The molecule has 1 fully saturated rings. The minimum Gasteiger partial charge on any atom is -0.368 e. The van der Waals surface area contributed by atoms with E-state index in [-0.39, 0.29) is 25.0 Å². The summed E-state index contributed by atoms with van der Waals surface area (Å²) in [6, 6.07) is 7.38. The fraction of sp³-hybridized carbons (Fsp3) is 0.412. The summed E-state index contributed by atoms with van der Waals surface area (Å²) < 4.78 is 10.6. The maximum atomic E-state index is 11.9. The number of para-hydroxylation sites is 1. The van der Waals surface area contributed by atoms with Crippen molar-refractivity contribution >= 4 is 17.5 Å². The number of carbonyl (C=O) groups is 2. The van der Waals surface area contributed by atoms with Gasteiger partial charge in [-0.2, -0.15) is 4.98 Å². The van der Waals surface area contributed by atoms with Crippen molar-refractivity contribution in [3.05, 3.63) is 41.5 Å². The lowest BCUT2D eigenvalue weighted by molar-refractivity contribution is -0.126. The molecule has 0 bridgehead atoms. The van der Waals surface area contributed by atoms with Crippen LogP contribution in [0.25, 0.3) is 0 Å². The molecule has 0 unspecified atom stereocenters. The summed E-state index contributed by atoms with van der Waals surface area (Å²) in [5.74, 6) is 0.00622. The number of aryl methyl sites for hydroxylation is 1. The van der Waals surface area contributed by atoms with E-state index in [1.54, 1.807) is 6.07 Å². The maximum Gasteiger partial charge on any atom is 0.255 e. The van der Waals surface area contributed by atoms with Crippen molar-refractivity contribution in [3.8, 4) is 0 Å². The van der Waals surface area contributed by atoms with Crippen LogP contribution in [0.2, 0.25) is 0 Å². The Morgan fingerprint density at radius 3 is 2.88 bits per heavy atom. The van der Waals surface area contributed by atoms with Crippen LogP contribution in [-0.4, -0.2) is 28.6 Å². The highest BCUT2D eigenvalue weighted by Gasteiger charge is 2.23. The molecule has 2 aromatic rings. The zero-order chi connectivity index (χ0) is 17.6. The smallest absolute Gasteiger partial charge is 0.255 e. The van der Waals surface area contributed by atoms with Crippen LogP contribution in [0, 0.1) is 6.92 Å². The van der Waals surface area contributed by atoms with Crippen LogP contribution in [0.5, 0.6) is 0 Å². The van der Waals surface area contributed by atoms with Crippen molar-refractivity contribution in [2.24, 2.45) is 0 Å². The molecule has 0 saturated carbocycles. The molecule has 0 radical (unpaired) electrons. The molecule has 2 amide bonds. The lowest BCUT2D eigenvalue weighted by atomic mass is 10.2. The van der Waals surface area contributed by atoms with E-state index >= 15 is 0 Å². The van der Waals surface area contributed by atoms with E-state index in [9.17, 15) is 9.59 Å². The predicted octanol–water partition coefficient (Wildman–Crippen LogP) is 1.87. The van der Waals surface area contributed by atoms with Gasteiger partial charge in [0.05, 0.1) is 6.54 Å². The summed E-state index contributed by atoms with van der Waals surface area (Å²) in [6.45, 7) is 2.68. The third-order valence-corrected chi connectivity index (χ3v) is 3.87. The Balaban J connectivity index is 1.45. The molecule has 1 saturated heterocycles. The summed E-state index contributed by atoms with van der Waals surface area (Å²) in [7, 11) is 0. The number of anilines is 1. The van der Waals surface area contributed by atoms with Crippen molar-refractivity contribution in [2.45, 2.75) is 38.8 Å². The number of hydrogen-bond donors (Lipinski definition) is 2. The zero-order valence-corrected chi connectivity index (χ0v) is 13.9. The Kier molecular flexibility index (Phi) is 5.39. The van der Waals surface area contributed by atoms with Gasteiger partial charge in [0.25, 0.3) is 5.89 Å². The molecule has 25 heavy (non-hydrogen) atoms. The van der Waals surface area contributed by atoms with E-state index in [0.29, 0.717) is 24.0 Å². The monoisotopic (exact) mass is 344 g/mol. The van der Waals surface area contributed by atoms with Gasteiger partial charge in [0, 0.05) is 12.3 Å². The molecule has 3 rings (SSSR count). The summed E-state index contributed by atoms with van der Waals surface area (Å²) in [4.78, 5) is 28.0. The number of carbonyl (C=O) groups excluding carboxylic acids is 2. The van der Waals surface area contributed by atoms with Crippen LogP contribution in [0.4, 0.5) is 5.69 Å². The average Bonchev–Trinajstić information content (AvgIpc) is 3.26. The summed E-state index contributed by atoms with van der Waals surface area (Å²) in [6.07, 6.45) is 1.39. The van der Waals surface area contributed by atoms with E-state index in [1.807, 2.05) is 25.1 Å². The Morgan fingerprint density at radius 1 is 1.28 bits per heavy atom. The van der Waals surface area contributed by atoms with Gasteiger partial charge in [0.1, 0.15) is 12.5 Å². The Hall–Kier alpha value is -2.74. The first-order chi connectivity index (χ1) is 12.1. The van der Waals surface area contributed by atoms with Crippen molar-refractivity contribution in [1.29, 1.82) is 0 Å². The third-order valence-electron chi connectivity index (χ3n) is 3.87. The molecule has 0 aliphatic carbocycles. The van der Waals surface area contributed by atoms with Gasteiger partial charge >= 0.3 is 0 Å². The van der Waals surface area contributed by atoms with Gasteiger partial charge in [-0.25, -0.2) is 0 Å². The normalized spacial score (nSPS) is 16.6. The second-order valence-corrected chi connectivity index (χ2v) is 5.87. The highest BCUT2D eigenvalue weighted by atomic mass is 16.5. The second kappa shape index (κ2) is 7.89. The SMILES string of the molecule is Cc1ccccc1NC(=O)CC(=O)NCc1noc([C@H]2CCCO2)n1. The molecule has 1 aliphatic rings. The molecule has 1 aromatic heterocycles. The number of aromatic nitrogens is 2. The van der Waals surface area contributed by atoms with Gasteiger partial charge in [-0.3, -0.25) is 9.59 Å². The quantitative estimate of drug-likeness (QED) is 0.775. The van der Waals surface area contributed by atoms with Crippen LogP contribution < -0.4 is 10.6 Å². The lowest BCUT2D eigenvalue weighted by Crippen LogP contribution is -2.28. The number of rotatable bonds is 6. The van der Waals surface area contributed by atoms with Crippen LogP contribution in [-0.2, 0) is 20.9 Å². The average molecular weight is 344 g/mol. The second-order valence-electron chi connectivity index (χ2n) is 5.87. The molecule has 2 heterocycles. The predicted molar refractivity (Wildman–Crippen MR) is 88.5 cm³/mol. The summed E-state index contributed by atoms with van der Waals surface area (Å²) in [5.41, 5.74) is 1.63. The fourth-order valence-corrected chi connectivity index (χ4v) is 2.54. The minimum absolute atomic E-state index is 0.104. The third kappa shape index (κ3) is 4.63. The van der Waals surface area contributed by atoms with Gasteiger partial charge in [0.15, 0.2) is 5.82 Å². The van der Waals surface area contributed by atoms with E-state index in [1.165, 1.54) is 0 Å². The van der Waals surface area contributed by atoms with E-state index < -0.39 is 5.91 Å². The van der Waals surface area contributed by atoms with E-state index in [0.717, 1.165) is 18.4 Å². The first-order valence-electron chi connectivity index (χ1n) is 8.18. The van der Waals surface area contributed by atoms with Crippen LogP contribution in [0.1, 0.15) is 42.6 Å². The zero-order valence-electron chi connectivity index (χ0n) is 13.9. The molecule has 1 aliphatic heterocycles. The Labute approximate surface area is 144 Å². The maximum absolute atomic E-state index is 11.9. The van der Waals surface area contributed by atoms with Crippen LogP contribution in [0.15, 0.2) is 28.8 Å². The Bertz CT molecular complexity index is 753. The first kappa shape index (κ1) is 17.1. The number of nitrogens with one attached hydrogen (secondary N) is 2. The van der Waals surface area contributed by atoms with Crippen molar-refractivity contribution in [1.82, 2.24) is 15.5 Å². The molecule has 8 nitrogen and oxygen atoms in total. The molecule has 0 spiro atoms. The summed E-state index contributed by atoms with van der Waals surface area (Å²) in [5, 5.41) is 9.13. The minimum atomic E-state index is -0.408. The number of nitrogens with zero attached hydrogens (tertiary/aromatic N) is 2. The van der Waals surface area contributed by atoms with E-state index in [4.69, 9.17) is 9.26 Å². The highest BCUT2D eigenvalue weighted by molar-refractivity contribution is 6.03. The van der Waals surface area contributed by atoms with Crippen LogP contribution in [0.3, 0.4) is 0 Å². The van der Waals surface area contributed by atoms with Crippen molar-refractivity contribution in [2.75, 3.05) is 11.9 Å². The largest absolute Gasteiger partial charge is 0.368 e. The van der Waals surface area contributed by atoms with Crippen molar-refractivity contribution < 1.29 is 18.8 Å². The number of ether oxygens (including phenoxy) is 1. The van der Waals surface area contributed by atoms with Gasteiger partial charge in [-0.05, 0) is 31.4 Å². The number of amides is 2. The molecule has 1 aromatic carbocycles. The topological polar surface area (TPSA) is 106 Å². The van der Waals surface area contributed by atoms with Gasteiger partial charge < -0.3 is 19.9 Å². The Morgan fingerprint density at radius 2 is 2.12 bits per heavy atom. The van der Waals surface area contributed by atoms with Gasteiger partial charge in [-0.1, -0.05) is 23.4 Å². The first-order valence-corrected chi connectivity index (χ1v) is 8.18. The molecule has 1 atom stereocenters. The number of benzene rings is 1. The van der Waals surface area contributed by atoms with Gasteiger partial charge in [-0.15, -0.1) is 0 Å². The van der Waals surface area contributed by atoms with Crippen molar-refractivity contribution in [3.63, 3.8) is 0 Å². The molecule has 2 N–H and O–H groups in total. The lowest BCUT2D eigenvalue weighted by Gasteiger charge is -2.07. The summed E-state index contributed by atoms with van der Waals surface area (Å²) >= 11 is 0. The number of hydrogen-bond acceptors (Lipinski definition) is 6. The molecule has 8 heteroatoms. The van der Waals surface area contributed by atoms with E-state index in [2.05, 4.69) is 20.8 Å².